The first-order valence-electron chi connectivity index (χ1n) is 5.29. The normalized spacial score (nSPS) is 16.2. The lowest BCUT2D eigenvalue weighted by Gasteiger charge is -2.09. The molecule has 1 aromatic rings. The number of anilines is 1. The third kappa shape index (κ3) is 4.30. The molecule has 0 saturated carbocycles. The van der Waals surface area contributed by atoms with Crippen LogP contribution in [0, 0.1) is 0 Å². The maximum absolute atomic E-state index is 11.9. The van der Waals surface area contributed by atoms with Gasteiger partial charge >= 0.3 is 16.4 Å². The number of nitrogens with one attached hydrogen (secondary N) is 3. The molecule has 6 nitrogen and oxygen atoms in total. The van der Waals surface area contributed by atoms with Gasteiger partial charge in [-0.25, -0.2) is 9.71 Å². The Bertz CT molecular complexity index is 531. The molecule has 1 aromatic heterocycles. The summed E-state index contributed by atoms with van der Waals surface area (Å²) < 4.78 is 62.0. The Morgan fingerprint density at radius 1 is 1.42 bits per heavy atom. The molecule has 108 valence electrons. The number of nitrogens with zero attached hydrogens (tertiary/aromatic N) is 1. The van der Waals surface area contributed by atoms with Crippen molar-refractivity contribution in [3.8, 4) is 0 Å². The minimum absolute atomic E-state index is 0.0726. The second-order valence-corrected chi connectivity index (χ2v) is 6.44. The van der Waals surface area contributed by atoms with Gasteiger partial charge in [0.05, 0.1) is 5.69 Å². The number of thiazole rings is 1. The molecule has 0 unspecified atom stereocenters. The molecule has 0 amide bonds. The lowest BCUT2D eigenvalue weighted by Crippen LogP contribution is -2.37. The molecule has 19 heavy (non-hydrogen) atoms. The van der Waals surface area contributed by atoms with Crippen LogP contribution in [0.3, 0.4) is 0 Å². The van der Waals surface area contributed by atoms with Gasteiger partial charge in [0.25, 0.3) is 0 Å². The van der Waals surface area contributed by atoms with Gasteiger partial charge in [0, 0.05) is 24.4 Å². The fourth-order valence-electron chi connectivity index (χ4n) is 1.50. The average Bonchev–Trinajstić information content (AvgIpc) is 2.66. The predicted molar refractivity (Wildman–Crippen MR) is 64.1 cm³/mol. The molecule has 1 aliphatic rings. The van der Waals surface area contributed by atoms with Crippen molar-refractivity contribution in [1.82, 2.24) is 15.0 Å². The summed E-state index contributed by atoms with van der Waals surface area (Å²) >= 11 is 1.11. The van der Waals surface area contributed by atoms with Crippen molar-refractivity contribution in [2.75, 3.05) is 17.8 Å². The summed E-state index contributed by atoms with van der Waals surface area (Å²) in [5.41, 5.74) is 0.775. The Kier molecular flexibility index (Phi) is 3.99. The Morgan fingerprint density at radius 3 is 2.79 bits per heavy atom. The van der Waals surface area contributed by atoms with Crippen LogP contribution < -0.4 is 14.8 Å². The highest BCUT2D eigenvalue weighted by molar-refractivity contribution is 7.91. The van der Waals surface area contributed by atoms with Crippen LogP contribution in [0.4, 0.5) is 18.3 Å². The van der Waals surface area contributed by atoms with Crippen LogP contribution in [-0.4, -0.2) is 32.7 Å². The average molecular weight is 316 g/mol. The lowest BCUT2D eigenvalue weighted by atomic mass is 10.2. The maximum Gasteiger partial charge on any atom is 0.402 e. The molecule has 0 saturated heterocycles. The van der Waals surface area contributed by atoms with Crippen LogP contribution in [0.15, 0.2) is 0 Å². The van der Waals surface area contributed by atoms with E-state index >= 15 is 0 Å². The quantitative estimate of drug-likeness (QED) is 0.759. The lowest BCUT2D eigenvalue weighted by molar-refractivity contribution is -0.121. The summed E-state index contributed by atoms with van der Waals surface area (Å²) in [4.78, 5) is 4.94. The third-order valence-electron chi connectivity index (χ3n) is 2.29. The summed E-state index contributed by atoms with van der Waals surface area (Å²) in [5.74, 6) is 0. The SMILES string of the molecule is O=S(=O)(NCC(F)(F)F)Nc1nc2c(s1)CNCC2. The number of fused-ring (bicyclic) bond motifs is 1. The van der Waals surface area contributed by atoms with Crippen molar-refractivity contribution in [3.05, 3.63) is 10.6 Å². The van der Waals surface area contributed by atoms with E-state index in [9.17, 15) is 21.6 Å². The fourth-order valence-corrected chi connectivity index (χ4v) is 3.52. The summed E-state index contributed by atoms with van der Waals surface area (Å²) in [7, 11) is -4.26. The van der Waals surface area contributed by atoms with Gasteiger partial charge in [-0.1, -0.05) is 11.3 Å². The fraction of sp³-hybridized carbons (Fsp3) is 0.625. The Hall–Kier alpha value is -0.910. The largest absolute Gasteiger partial charge is 0.402 e. The van der Waals surface area contributed by atoms with Gasteiger partial charge in [-0.15, -0.1) is 0 Å². The van der Waals surface area contributed by atoms with Crippen LogP contribution in [0.1, 0.15) is 10.6 Å². The number of hydrogen-bond acceptors (Lipinski definition) is 5. The van der Waals surface area contributed by atoms with Gasteiger partial charge < -0.3 is 5.32 Å². The van der Waals surface area contributed by atoms with E-state index < -0.39 is 22.9 Å². The Morgan fingerprint density at radius 2 is 2.16 bits per heavy atom. The van der Waals surface area contributed by atoms with E-state index in [0.717, 1.165) is 28.5 Å². The van der Waals surface area contributed by atoms with E-state index in [2.05, 4.69) is 10.3 Å². The molecule has 0 radical (unpaired) electrons. The molecule has 0 aromatic carbocycles. The Balaban J connectivity index is 2.01. The molecule has 0 spiro atoms. The topological polar surface area (TPSA) is 83.1 Å². The molecule has 11 heteroatoms. The molecule has 0 bridgehead atoms. The molecule has 2 rings (SSSR count). The van der Waals surface area contributed by atoms with Crippen molar-refractivity contribution >= 4 is 26.7 Å². The number of halogens is 3. The molecule has 2 heterocycles. The molecule has 0 aliphatic carbocycles. The second-order valence-electron chi connectivity index (χ2n) is 3.86. The zero-order chi connectivity index (χ0) is 14.1. The van der Waals surface area contributed by atoms with E-state index in [1.54, 1.807) is 0 Å². The van der Waals surface area contributed by atoms with Crippen molar-refractivity contribution < 1.29 is 21.6 Å². The molecular formula is C8H11F3N4O2S2. The monoisotopic (exact) mass is 316 g/mol. The van der Waals surface area contributed by atoms with Crippen LogP contribution >= 0.6 is 11.3 Å². The van der Waals surface area contributed by atoms with Gasteiger partial charge in [0.1, 0.15) is 6.54 Å². The minimum atomic E-state index is -4.60. The van der Waals surface area contributed by atoms with Gasteiger partial charge in [0.15, 0.2) is 5.13 Å². The van der Waals surface area contributed by atoms with Crippen LogP contribution in [0.5, 0.6) is 0 Å². The van der Waals surface area contributed by atoms with Gasteiger partial charge in [-0.2, -0.15) is 26.3 Å². The van der Waals surface area contributed by atoms with E-state index in [0.29, 0.717) is 13.0 Å². The van der Waals surface area contributed by atoms with Crippen LogP contribution in [-0.2, 0) is 23.2 Å². The van der Waals surface area contributed by atoms with E-state index in [1.807, 2.05) is 4.72 Å². The minimum Gasteiger partial charge on any atom is -0.311 e. The summed E-state index contributed by atoms with van der Waals surface area (Å²) in [5, 5.41) is 3.16. The molecule has 3 N–H and O–H groups in total. The summed E-state index contributed by atoms with van der Waals surface area (Å²) in [6, 6.07) is 0. The Labute approximate surface area is 111 Å². The van der Waals surface area contributed by atoms with Crippen molar-refractivity contribution in [1.29, 1.82) is 0 Å². The smallest absolute Gasteiger partial charge is 0.311 e. The number of aromatic nitrogens is 1. The highest BCUT2D eigenvalue weighted by Gasteiger charge is 2.30. The van der Waals surface area contributed by atoms with Crippen LogP contribution in [0.25, 0.3) is 0 Å². The van der Waals surface area contributed by atoms with Gasteiger partial charge in [0.2, 0.25) is 0 Å². The van der Waals surface area contributed by atoms with Crippen molar-refractivity contribution in [2.45, 2.75) is 19.1 Å². The molecule has 1 aliphatic heterocycles. The molecule has 0 fully saturated rings. The molecule has 0 atom stereocenters. The first-order chi connectivity index (χ1) is 8.75. The predicted octanol–water partition coefficient (Wildman–Crippen LogP) is 0.597. The van der Waals surface area contributed by atoms with E-state index in [-0.39, 0.29) is 5.13 Å². The highest BCUT2D eigenvalue weighted by Crippen LogP contribution is 2.25. The number of rotatable bonds is 4. The first-order valence-corrected chi connectivity index (χ1v) is 7.58. The zero-order valence-electron chi connectivity index (χ0n) is 9.54. The maximum atomic E-state index is 11.9. The third-order valence-corrected chi connectivity index (χ3v) is 4.42. The molecular weight excluding hydrogens is 305 g/mol. The van der Waals surface area contributed by atoms with Gasteiger partial charge in [-0.3, -0.25) is 0 Å². The first kappa shape index (κ1) is 14.5. The van der Waals surface area contributed by atoms with E-state index in [4.69, 9.17) is 0 Å². The van der Waals surface area contributed by atoms with Crippen molar-refractivity contribution in [3.63, 3.8) is 0 Å². The standard InChI is InChI=1S/C8H11F3N4O2S2/c9-8(10,11)4-13-19(16,17)15-7-14-5-1-2-12-3-6(5)18-7/h12-13H,1-4H2,(H,14,15). The summed E-state index contributed by atoms with van der Waals surface area (Å²) in [6.07, 6.45) is -3.93. The van der Waals surface area contributed by atoms with E-state index in [1.165, 1.54) is 4.72 Å². The number of alkyl halides is 3. The summed E-state index contributed by atoms with van der Waals surface area (Å²) in [6.45, 7) is -0.283. The second kappa shape index (κ2) is 5.23. The highest BCUT2D eigenvalue weighted by atomic mass is 32.2. The van der Waals surface area contributed by atoms with Gasteiger partial charge in [-0.05, 0) is 0 Å². The van der Waals surface area contributed by atoms with Crippen molar-refractivity contribution in [2.24, 2.45) is 0 Å². The zero-order valence-corrected chi connectivity index (χ0v) is 11.2. The van der Waals surface area contributed by atoms with Crippen LogP contribution in [0.2, 0.25) is 0 Å². The number of hydrogen-bond donors (Lipinski definition) is 3.